The van der Waals surface area contributed by atoms with Crippen LogP contribution in [0.2, 0.25) is 0 Å². The van der Waals surface area contributed by atoms with Gasteiger partial charge in [0.05, 0.1) is 0 Å². The van der Waals surface area contributed by atoms with Crippen LogP contribution < -0.4 is 15.8 Å². The molecule has 3 heterocycles. The summed E-state index contributed by atoms with van der Waals surface area (Å²) in [6, 6.07) is 12.2. The summed E-state index contributed by atoms with van der Waals surface area (Å²) >= 11 is 1.18. The third-order valence-electron chi connectivity index (χ3n) is 5.51. The summed E-state index contributed by atoms with van der Waals surface area (Å²) in [6.45, 7) is 1.06. The Bertz CT molecular complexity index is 1370. The summed E-state index contributed by atoms with van der Waals surface area (Å²) < 4.78 is 27.2. The number of hydrogen-bond donors (Lipinski definition) is 2. The van der Waals surface area contributed by atoms with E-state index < -0.39 is 23.2 Å². The third-order valence-corrected chi connectivity index (χ3v) is 6.49. The van der Waals surface area contributed by atoms with Gasteiger partial charge in [-0.25, -0.2) is 18.7 Å². The average molecular weight is 468 g/mol. The van der Waals surface area contributed by atoms with Gasteiger partial charge in [0.1, 0.15) is 23.5 Å². The molecule has 1 aliphatic rings. The first kappa shape index (κ1) is 21.2. The summed E-state index contributed by atoms with van der Waals surface area (Å²) in [7, 11) is 0. The Morgan fingerprint density at radius 1 is 1.15 bits per heavy atom. The number of hydrogen-bond acceptors (Lipinski definition) is 6. The summed E-state index contributed by atoms with van der Waals surface area (Å²) in [5.41, 5.74) is 0.755. The number of anilines is 1. The van der Waals surface area contributed by atoms with Gasteiger partial charge in [-0.15, -0.1) is 0 Å². The lowest BCUT2D eigenvalue weighted by Gasteiger charge is -2.23. The number of rotatable bonds is 5. The van der Waals surface area contributed by atoms with Gasteiger partial charge < -0.3 is 15.2 Å². The van der Waals surface area contributed by atoms with E-state index in [1.165, 1.54) is 11.3 Å². The highest BCUT2D eigenvalue weighted by Crippen LogP contribution is 2.32. The number of H-pyrrole nitrogens is 1. The largest absolute Gasteiger partial charge is 0.350 e. The quantitative estimate of drug-likeness (QED) is 0.468. The van der Waals surface area contributed by atoms with Crippen LogP contribution in [0.1, 0.15) is 18.4 Å². The van der Waals surface area contributed by atoms with Gasteiger partial charge in [0.25, 0.3) is 5.56 Å². The Kier molecular flexibility index (Phi) is 5.59. The number of fused-ring (bicyclic) bond motifs is 1. The SMILES string of the molecule is O=C(NCc1ccccc1)[C@H]1CCCN1c1nc2c(=O)[nH]c(-c3cc(F)cc(F)c3)nc2s1. The zero-order valence-corrected chi connectivity index (χ0v) is 18.2. The maximum Gasteiger partial charge on any atom is 0.278 e. The van der Waals surface area contributed by atoms with Crippen molar-refractivity contribution in [3.05, 3.63) is 76.1 Å². The minimum Gasteiger partial charge on any atom is -0.350 e. The predicted molar refractivity (Wildman–Crippen MR) is 122 cm³/mol. The Morgan fingerprint density at radius 3 is 2.67 bits per heavy atom. The van der Waals surface area contributed by atoms with E-state index in [0.717, 1.165) is 30.2 Å². The molecule has 4 aromatic rings. The molecule has 1 fully saturated rings. The number of aromatic nitrogens is 3. The highest BCUT2D eigenvalue weighted by Gasteiger charge is 2.33. The molecule has 0 bridgehead atoms. The van der Waals surface area contributed by atoms with Crippen molar-refractivity contribution in [2.45, 2.75) is 25.4 Å². The molecule has 0 radical (unpaired) electrons. The number of carbonyl (C=O) groups is 1. The Morgan fingerprint density at radius 2 is 1.91 bits per heavy atom. The van der Waals surface area contributed by atoms with E-state index in [2.05, 4.69) is 20.3 Å². The van der Waals surface area contributed by atoms with E-state index >= 15 is 0 Å². The van der Waals surface area contributed by atoms with E-state index in [4.69, 9.17) is 0 Å². The molecule has 0 unspecified atom stereocenters. The maximum atomic E-state index is 13.6. The molecular weight excluding hydrogens is 448 g/mol. The first-order valence-electron chi connectivity index (χ1n) is 10.4. The van der Waals surface area contributed by atoms with Gasteiger partial charge in [0, 0.05) is 24.7 Å². The van der Waals surface area contributed by atoms with E-state index in [9.17, 15) is 18.4 Å². The lowest BCUT2D eigenvalue weighted by molar-refractivity contribution is -0.122. The van der Waals surface area contributed by atoms with Crippen molar-refractivity contribution in [1.82, 2.24) is 20.3 Å². The van der Waals surface area contributed by atoms with Gasteiger partial charge in [-0.3, -0.25) is 9.59 Å². The van der Waals surface area contributed by atoms with Crippen molar-refractivity contribution in [3.8, 4) is 11.4 Å². The molecule has 1 aliphatic heterocycles. The second-order valence-corrected chi connectivity index (χ2v) is 8.73. The zero-order valence-electron chi connectivity index (χ0n) is 17.3. The van der Waals surface area contributed by atoms with Crippen molar-refractivity contribution in [2.24, 2.45) is 0 Å². The summed E-state index contributed by atoms with van der Waals surface area (Å²) in [5.74, 6) is -1.58. The Balaban J connectivity index is 1.41. The molecule has 33 heavy (non-hydrogen) atoms. The first-order valence-corrected chi connectivity index (χ1v) is 11.3. The Hall–Kier alpha value is -3.66. The van der Waals surface area contributed by atoms with Crippen molar-refractivity contribution >= 4 is 32.7 Å². The van der Waals surface area contributed by atoms with Crippen molar-refractivity contribution in [1.29, 1.82) is 0 Å². The minimum absolute atomic E-state index is 0.0553. The molecular formula is C23H19F2N5O2S. The van der Waals surface area contributed by atoms with E-state index in [1.54, 1.807) is 0 Å². The molecule has 10 heteroatoms. The Labute approximate surface area is 191 Å². The second kappa shape index (κ2) is 8.70. The number of aromatic amines is 1. The van der Waals surface area contributed by atoms with Gasteiger partial charge in [0.15, 0.2) is 15.5 Å². The van der Waals surface area contributed by atoms with Crippen LogP contribution in [0.5, 0.6) is 0 Å². The highest BCUT2D eigenvalue weighted by molar-refractivity contribution is 7.21. The monoisotopic (exact) mass is 467 g/mol. The van der Waals surface area contributed by atoms with Crippen molar-refractivity contribution in [3.63, 3.8) is 0 Å². The van der Waals surface area contributed by atoms with Crippen LogP contribution in [0.15, 0.2) is 53.3 Å². The molecule has 0 spiro atoms. The molecule has 7 nitrogen and oxygen atoms in total. The molecule has 2 aromatic carbocycles. The van der Waals surface area contributed by atoms with E-state index in [0.29, 0.717) is 29.5 Å². The summed E-state index contributed by atoms with van der Waals surface area (Å²) in [4.78, 5) is 39.0. The fourth-order valence-corrected chi connectivity index (χ4v) is 4.96. The average Bonchev–Trinajstić information content (AvgIpc) is 3.45. The van der Waals surface area contributed by atoms with Crippen LogP contribution in [0.4, 0.5) is 13.9 Å². The number of halogens is 2. The molecule has 2 N–H and O–H groups in total. The number of nitrogens with zero attached hydrogens (tertiary/aromatic N) is 3. The van der Waals surface area contributed by atoms with Crippen molar-refractivity contribution in [2.75, 3.05) is 11.4 Å². The standard InChI is InChI=1S/C23H19F2N5O2S/c24-15-9-14(10-16(25)11-15)19-28-21(32)18-22(29-19)33-23(27-18)30-8-4-7-17(30)20(31)26-12-13-5-2-1-3-6-13/h1-3,5-6,9-11,17H,4,7-8,12H2,(H,26,31)(H,28,29,32)/t17-/m1/s1. The van der Waals surface area contributed by atoms with Gasteiger partial charge in [-0.2, -0.15) is 0 Å². The number of nitrogens with one attached hydrogen (secondary N) is 2. The maximum absolute atomic E-state index is 13.6. The third kappa shape index (κ3) is 4.34. The summed E-state index contributed by atoms with van der Waals surface area (Å²) in [6.07, 6.45) is 1.49. The van der Waals surface area contributed by atoms with Crippen LogP contribution in [-0.4, -0.2) is 33.4 Å². The van der Waals surface area contributed by atoms with Crippen LogP contribution in [0.25, 0.3) is 21.7 Å². The van der Waals surface area contributed by atoms with Gasteiger partial charge in [-0.1, -0.05) is 41.7 Å². The number of thiazole rings is 1. The number of amides is 1. The minimum atomic E-state index is -0.765. The van der Waals surface area contributed by atoms with Crippen LogP contribution >= 0.6 is 11.3 Å². The molecule has 168 valence electrons. The zero-order chi connectivity index (χ0) is 22.9. The van der Waals surface area contributed by atoms with Crippen LogP contribution in [-0.2, 0) is 11.3 Å². The normalized spacial score (nSPS) is 15.8. The summed E-state index contributed by atoms with van der Waals surface area (Å²) in [5, 5.41) is 3.49. The highest BCUT2D eigenvalue weighted by atomic mass is 32.1. The smallest absolute Gasteiger partial charge is 0.278 e. The van der Waals surface area contributed by atoms with Crippen LogP contribution in [0.3, 0.4) is 0 Å². The fourth-order valence-electron chi connectivity index (χ4n) is 3.94. The lowest BCUT2D eigenvalue weighted by Crippen LogP contribution is -2.43. The number of carbonyl (C=O) groups excluding carboxylic acids is 1. The fraction of sp³-hybridized carbons (Fsp3) is 0.217. The molecule has 1 atom stereocenters. The lowest BCUT2D eigenvalue weighted by atomic mass is 10.2. The van der Waals surface area contributed by atoms with E-state index in [1.807, 2.05) is 35.2 Å². The molecule has 0 saturated carbocycles. The second-order valence-electron chi connectivity index (χ2n) is 7.78. The first-order chi connectivity index (χ1) is 16.0. The van der Waals surface area contributed by atoms with Crippen LogP contribution in [0, 0.1) is 11.6 Å². The van der Waals surface area contributed by atoms with Gasteiger partial charge >= 0.3 is 0 Å². The number of benzene rings is 2. The van der Waals surface area contributed by atoms with Gasteiger partial charge in [-0.05, 0) is 30.5 Å². The predicted octanol–water partition coefficient (Wildman–Crippen LogP) is 3.61. The molecule has 1 saturated heterocycles. The molecule has 2 aromatic heterocycles. The van der Waals surface area contributed by atoms with Gasteiger partial charge in [0.2, 0.25) is 5.91 Å². The van der Waals surface area contributed by atoms with E-state index in [-0.39, 0.29) is 22.8 Å². The molecule has 0 aliphatic carbocycles. The molecule has 5 rings (SSSR count). The van der Waals surface area contributed by atoms with Crippen molar-refractivity contribution < 1.29 is 13.6 Å². The topological polar surface area (TPSA) is 91.0 Å². The molecule has 1 amide bonds.